The Bertz CT molecular complexity index is 878. The molecule has 0 saturated heterocycles. The second-order valence-corrected chi connectivity index (χ2v) is 5.25. The number of phenolic OH excluding ortho intramolecular Hbond substituents is 1. The minimum atomic E-state index is -4.74. The van der Waals surface area contributed by atoms with Crippen LogP contribution in [-0.2, 0) is 6.18 Å². The van der Waals surface area contributed by atoms with E-state index in [0.29, 0.717) is 0 Å². The number of aryl methyl sites for hydroxylation is 1. The van der Waals surface area contributed by atoms with Crippen LogP contribution < -0.4 is 5.43 Å². The fraction of sp³-hybridized carbons (Fsp3) is 0.125. The van der Waals surface area contributed by atoms with Gasteiger partial charge in [-0.2, -0.15) is 18.3 Å². The zero-order valence-electron chi connectivity index (χ0n) is 13.2. The van der Waals surface area contributed by atoms with Gasteiger partial charge in [0, 0.05) is 23.3 Å². The summed E-state index contributed by atoms with van der Waals surface area (Å²) in [6.45, 7) is 1.42. The van der Waals surface area contributed by atoms with Crippen molar-refractivity contribution in [3.63, 3.8) is 0 Å². The molecule has 2 rings (SSSR count). The number of rotatable bonds is 4. The molecular formula is C16H12F3N3O4. The Hall–Kier alpha value is -3.43. The third-order valence-corrected chi connectivity index (χ3v) is 3.30. The van der Waals surface area contributed by atoms with E-state index >= 15 is 0 Å². The van der Waals surface area contributed by atoms with E-state index in [4.69, 9.17) is 0 Å². The molecule has 0 spiro atoms. The average Bonchev–Trinajstić information content (AvgIpc) is 2.56. The van der Waals surface area contributed by atoms with Gasteiger partial charge in [0.1, 0.15) is 5.75 Å². The number of nitro benzene ring substituents is 1. The van der Waals surface area contributed by atoms with Gasteiger partial charge in [0.05, 0.1) is 16.7 Å². The molecule has 0 aromatic heterocycles. The van der Waals surface area contributed by atoms with Crippen molar-refractivity contribution >= 4 is 17.8 Å². The Kier molecular flexibility index (Phi) is 5.24. The Morgan fingerprint density at radius 1 is 1.27 bits per heavy atom. The van der Waals surface area contributed by atoms with Crippen LogP contribution in [0.3, 0.4) is 0 Å². The first-order chi connectivity index (χ1) is 12.1. The molecular weight excluding hydrogens is 355 g/mol. The monoisotopic (exact) mass is 367 g/mol. The number of carbonyl (C=O) groups excluding carboxylic acids is 1. The minimum absolute atomic E-state index is 0.0668. The third-order valence-electron chi connectivity index (χ3n) is 3.30. The molecule has 136 valence electrons. The van der Waals surface area contributed by atoms with Crippen molar-refractivity contribution in [1.82, 2.24) is 5.43 Å². The van der Waals surface area contributed by atoms with Gasteiger partial charge < -0.3 is 5.11 Å². The van der Waals surface area contributed by atoms with Crippen LogP contribution in [0.5, 0.6) is 5.75 Å². The first-order valence-corrected chi connectivity index (χ1v) is 7.08. The number of carbonyl (C=O) groups is 1. The Morgan fingerprint density at radius 3 is 2.42 bits per heavy atom. The highest BCUT2D eigenvalue weighted by Crippen LogP contribution is 2.37. The Labute approximate surface area is 144 Å². The zero-order valence-corrected chi connectivity index (χ0v) is 13.2. The predicted molar refractivity (Wildman–Crippen MR) is 86.0 cm³/mol. The first-order valence-electron chi connectivity index (χ1n) is 7.08. The molecule has 10 heteroatoms. The van der Waals surface area contributed by atoms with E-state index in [1.165, 1.54) is 25.1 Å². The number of hydrogen-bond donors (Lipinski definition) is 2. The maximum Gasteiger partial charge on any atom is 0.419 e. The summed E-state index contributed by atoms with van der Waals surface area (Å²) in [5.74, 6) is -1.73. The molecule has 26 heavy (non-hydrogen) atoms. The molecule has 0 saturated carbocycles. The predicted octanol–water partition coefficient (Wildman–Crippen LogP) is 3.39. The topological polar surface area (TPSA) is 105 Å². The van der Waals surface area contributed by atoms with Gasteiger partial charge in [-0.3, -0.25) is 14.9 Å². The summed E-state index contributed by atoms with van der Waals surface area (Å²) >= 11 is 0. The molecule has 2 N–H and O–H groups in total. The molecule has 0 heterocycles. The van der Waals surface area contributed by atoms with Crippen LogP contribution in [-0.4, -0.2) is 22.2 Å². The van der Waals surface area contributed by atoms with Gasteiger partial charge in [-0.15, -0.1) is 0 Å². The van der Waals surface area contributed by atoms with E-state index in [1.54, 1.807) is 0 Å². The molecule has 0 unspecified atom stereocenters. The van der Waals surface area contributed by atoms with Crippen molar-refractivity contribution in [2.75, 3.05) is 0 Å². The summed E-state index contributed by atoms with van der Waals surface area (Å²) in [7, 11) is 0. The van der Waals surface area contributed by atoms with Crippen molar-refractivity contribution < 1.29 is 28.0 Å². The number of phenols is 1. The van der Waals surface area contributed by atoms with Gasteiger partial charge in [-0.1, -0.05) is 0 Å². The van der Waals surface area contributed by atoms with E-state index in [2.05, 4.69) is 10.5 Å². The number of hydrazone groups is 1. The molecule has 0 radical (unpaired) electrons. The van der Waals surface area contributed by atoms with Gasteiger partial charge in [0.2, 0.25) is 0 Å². The number of nitrogens with zero attached hydrogens (tertiary/aromatic N) is 2. The Morgan fingerprint density at radius 2 is 1.88 bits per heavy atom. The van der Waals surface area contributed by atoms with Crippen molar-refractivity contribution in [3.8, 4) is 5.75 Å². The van der Waals surface area contributed by atoms with Gasteiger partial charge in [0.15, 0.2) is 0 Å². The maximum atomic E-state index is 12.8. The molecule has 0 aliphatic rings. The van der Waals surface area contributed by atoms with Crippen LogP contribution in [0.15, 0.2) is 41.5 Å². The van der Waals surface area contributed by atoms with E-state index < -0.39 is 28.3 Å². The van der Waals surface area contributed by atoms with Crippen LogP contribution in [0, 0.1) is 17.0 Å². The minimum Gasteiger partial charge on any atom is -0.507 e. The number of benzene rings is 2. The fourth-order valence-electron chi connectivity index (χ4n) is 2.08. The Balaban J connectivity index is 2.16. The summed E-state index contributed by atoms with van der Waals surface area (Å²) in [5, 5.41) is 23.8. The van der Waals surface area contributed by atoms with Crippen LogP contribution in [0.4, 0.5) is 18.9 Å². The largest absolute Gasteiger partial charge is 0.507 e. The first kappa shape index (κ1) is 18.9. The standard InChI is InChI=1S/C16H12F3N3O4/c1-9-6-11(14(23)13(7-9)16(17,18)19)8-20-21-15(24)10-2-4-12(5-3-10)22(25)26/h2-8,23H,1H3,(H,21,24)/b20-8+. The molecule has 0 fully saturated rings. The molecule has 2 aromatic rings. The second kappa shape index (κ2) is 7.21. The van der Waals surface area contributed by atoms with Crippen molar-refractivity contribution in [3.05, 3.63) is 68.8 Å². The number of non-ortho nitro benzene ring substituents is 1. The van der Waals surface area contributed by atoms with Crippen molar-refractivity contribution in [2.24, 2.45) is 5.10 Å². The average molecular weight is 367 g/mol. The van der Waals surface area contributed by atoms with Crippen LogP contribution in [0.25, 0.3) is 0 Å². The lowest BCUT2D eigenvalue weighted by Crippen LogP contribution is -2.17. The quantitative estimate of drug-likeness (QED) is 0.491. The number of alkyl halides is 3. The summed E-state index contributed by atoms with van der Waals surface area (Å²) < 4.78 is 38.5. The summed E-state index contributed by atoms with van der Waals surface area (Å²) in [6, 6.07) is 6.72. The van der Waals surface area contributed by atoms with Crippen LogP contribution in [0.2, 0.25) is 0 Å². The number of nitro groups is 1. The van der Waals surface area contributed by atoms with Crippen LogP contribution >= 0.6 is 0 Å². The van der Waals surface area contributed by atoms with Gasteiger partial charge in [-0.25, -0.2) is 5.43 Å². The summed E-state index contributed by atoms with van der Waals surface area (Å²) in [5.41, 5.74) is 0.756. The van der Waals surface area contributed by atoms with Crippen molar-refractivity contribution in [1.29, 1.82) is 0 Å². The number of halogens is 3. The molecule has 0 atom stereocenters. The summed E-state index contributed by atoms with van der Waals surface area (Å²) in [4.78, 5) is 21.8. The number of hydrogen-bond acceptors (Lipinski definition) is 5. The van der Waals surface area contributed by atoms with E-state index in [1.807, 2.05) is 0 Å². The highest BCUT2D eigenvalue weighted by Gasteiger charge is 2.34. The number of nitrogens with one attached hydrogen (secondary N) is 1. The molecule has 0 aliphatic heterocycles. The molecule has 2 aromatic carbocycles. The van der Waals surface area contributed by atoms with E-state index in [0.717, 1.165) is 24.4 Å². The van der Waals surface area contributed by atoms with Gasteiger partial charge in [-0.05, 0) is 36.8 Å². The van der Waals surface area contributed by atoms with Crippen molar-refractivity contribution in [2.45, 2.75) is 13.1 Å². The fourth-order valence-corrected chi connectivity index (χ4v) is 2.08. The van der Waals surface area contributed by atoms with E-state index in [9.17, 15) is 33.2 Å². The zero-order chi connectivity index (χ0) is 19.5. The smallest absolute Gasteiger partial charge is 0.419 e. The molecule has 0 aliphatic carbocycles. The lowest BCUT2D eigenvalue weighted by atomic mass is 10.0. The number of amides is 1. The molecule has 7 nitrogen and oxygen atoms in total. The normalized spacial score (nSPS) is 11.5. The van der Waals surface area contributed by atoms with E-state index in [-0.39, 0.29) is 22.4 Å². The highest BCUT2D eigenvalue weighted by atomic mass is 19.4. The number of aromatic hydroxyl groups is 1. The maximum absolute atomic E-state index is 12.8. The van der Waals surface area contributed by atoms with Crippen LogP contribution in [0.1, 0.15) is 27.0 Å². The lowest BCUT2D eigenvalue weighted by Gasteiger charge is -2.11. The lowest BCUT2D eigenvalue weighted by molar-refractivity contribution is -0.384. The second-order valence-electron chi connectivity index (χ2n) is 5.25. The summed E-state index contributed by atoms with van der Waals surface area (Å²) in [6.07, 6.45) is -3.86. The van der Waals surface area contributed by atoms with Gasteiger partial charge >= 0.3 is 6.18 Å². The molecule has 1 amide bonds. The SMILES string of the molecule is Cc1cc(/C=N/NC(=O)c2ccc([N+](=O)[O-])cc2)c(O)c(C(F)(F)F)c1. The highest BCUT2D eigenvalue weighted by molar-refractivity contribution is 5.95. The third kappa shape index (κ3) is 4.35. The molecule has 0 bridgehead atoms. The van der Waals surface area contributed by atoms with Gasteiger partial charge in [0.25, 0.3) is 11.6 Å².